The second kappa shape index (κ2) is 6.91. The second-order valence-electron chi connectivity index (χ2n) is 4.45. The monoisotopic (exact) mass is 367 g/mol. The van der Waals surface area contributed by atoms with Gasteiger partial charge in [-0.25, -0.2) is 4.98 Å². The summed E-state index contributed by atoms with van der Waals surface area (Å²) in [4.78, 5) is 30.3. The fourth-order valence-electron chi connectivity index (χ4n) is 1.61. The van der Waals surface area contributed by atoms with Crippen LogP contribution in [0.2, 0.25) is 0 Å². The van der Waals surface area contributed by atoms with E-state index in [0.29, 0.717) is 10.9 Å². The van der Waals surface area contributed by atoms with Gasteiger partial charge < -0.3 is 10.3 Å². The molecule has 7 heteroatoms. The summed E-state index contributed by atoms with van der Waals surface area (Å²) in [6.07, 6.45) is 0. The quantitative estimate of drug-likeness (QED) is 0.643. The summed E-state index contributed by atoms with van der Waals surface area (Å²) in [5, 5.41) is 2.88. The van der Waals surface area contributed by atoms with Crippen molar-refractivity contribution in [2.45, 2.75) is 24.3 Å². The molecule has 2 aromatic rings. The fourth-order valence-corrected chi connectivity index (χ4v) is 2.73. The van der Waals surface area contributed by atoms with Crippen LogP contribution in [0, 0.1) is 6.92 Å². The van der Waals surface area contributed by atoms with Gasteiger partial charge in [0.1, 0.15) is 0 Å². The number of nitrogens with zero attached hydrogens (tertiary/aromatic N) is 1. The molecule has 21 heavy (non-hydrogen) atoms. The molecule has 0 fully saturated rings. The summed E-state index contributed by atoms with van der Waals surface area (Å²) in [5.74, 6) is -0.147. The Morgan fingerprint density at radius 2 is 2.05 bits per heavy atom. The van der Waals surface area contributed by atoms with E-state index in [1.54, 1.807) is 13.8 Å². The molecule has 0 aliphatic rings. The smallest absolute Gasteiger partial charge is 0.251 e. The largest absolute Gasteiger partial charge is 0.325 e. The molecule has 110 valence electrons. The number of benzene rings is 1. The van der Waals surface area contributed by atoms with Crippen LogP contribution in [0.3, 0.4) is 0 Å². The highest BCUT2D eigenvalue weighted by atomic mass is 79.9. The Morgan fingerprint density at radius 3 is 2.67 bits per heavy atom. The van der Waals surface area contributed by atoms with Crippen LogP contribution in [0.15, 0.2) is 44.8 Å². The van der Waals surface area contributed by atoms with Crippen molar-refractivity contribution in [2.75, 3.05) is 5.32 Å². The molecule has 2 N–H and O–H groups in total. The number of aromatic nitrogens is 2. The maximum atomic E-state index is 12.1. The summed E-state index contributed by atoms with van der Waals surface area (Å²) in [5.41, 5.74) is 1.13. The van der Waals surface area contributed by atoms with Crippen LogP contribution >= 0.6 is 27.7 Å². The standard InChI is InChI=1S/C14H14BrN3O2S/c1-8-7-12(19)18-14(16-8)21-9(2)13(20)17-11-5-3-10(15)4-6-11/h3-7,9H,1-2H3,(H,17,20)(H,16,18,19). The zero-order valence-corrected chi connectivity index (χ0v) is 13.9. The summed E-state index contributed by atoms with van der Waals surface area (Å²) in [6, 6.07) is 8.75. The normalized spacial score (nSPS) is 12.0. The van der Waals surface area contributed by atoms with Crippen LogP contribution in [0.25, 0.3) is 0 Å². The third-order valence-corrected chi connectivity index (χ3v) is 4.13. The summed E-state index contributed by atoms with van der Waals surface area (Å²) in [6.45, 7) is 3.51. The Hall–Kier alpha value is -1.60. The highest BCUT2D eigenvalue weighted by Gasteiger charge is 2.16. The molecule has 1 aromatic carbocycles. The van der Waals surface area contributed by atoms with E-state index >= 15 is 0 Å². The number of nitrogens with one attached hydrogen (secondary N) is 2. The number of H-pyrrole nitrogens is 1. The van der Waals surface area contributed by atoms with E-state index in [1.165, 1.54) is 17.8 Å². The number of halogens is 1. The Balaban J connectivity index is 2.02. The van der Waals surface area contributed by atoms with Crippen molar-refractivity contribution in [2.24, 2.45) is 0 Å². The van der Waals surface area contributed by atoms with E-state index in [2.05, 4.69) is 31.2 Å². The Kier molecular flexibility index (Phi) is 5.19. The van der Waals surface area contributed by atoms with Crippen molar-refractivity contribution in [1.29, 1.82) is 0 Å². The van der Waals surface area contributed by atoms with Crippen LogP contribution in [-0.2, 0) is 4.79 Å². The molecule has 0 radical (unpaired) electrons. The number of aryl methyl sites for hydroxylation is 1. The summed E-state index contributed by atoms with van der Waals surface area (Å²) >= 11 is 4.55. The van der Waals surface area contributed by atoms with E-state index in [0.717, 1.165) is 10.2 Å². The van der Waals surface area contributed by atoms with Gasteiger partial charge in [-0.05, 0) is 38.1 Å². The van der Waals surface area contributed by atoms with Crippen molar-refractivity contribution in [1.82, 2.24) is 9.97 Å². The lowest BCUT2D eigenvalue weighted by Gasteiger charge is -2.11. The molecule has 0 saturated heterocycles. The van der Waals surface area contributed by atoms with Gasteiger partial charge >= 0.3 is 0 Å². The lowest BCUT2D eigenvalue weighted by atomic mass is 10.3. The van der Waals surface area contributed by atoms with E-state index in [4.69, 9.17) is 0 Å². The summed E-state index contributed by atoms with van der Waals surface area (Å²) in [7, 11) is 0. The van der Waals surface area contributed by atoms with Crippen LogP contribution in [-0.4, -0.2) is 21.1 Å². The topological polar surface area (TPSA) is 74.8 Å². The van der Waals surface area contributed by atoms with Gasteiger partial charge in [-0.3, -0.25) is 9.59 Å². The predicted octanol–water partition coefficient (Wildman–Crippen LogP) is 2.96. The van der Waals surface area contributed by atoms with Gasteiger partial charge in [-0.15, -0.1) is 0 Å². The van der Waals surface area contributed by atoms with Gasteiger partial charge in [-0.2, -0.15) is 0 Å². The van der Waals surface area contributed by atoms with Gasteiger partial charge in [0.25, 0.3) is 5.56 Å². The number of amides is 1. The van der Waals surface area contributed by atoms with Crippen LogP contribution in [0.1, 0.15) is 12.6 Å². The van der Waals surface area contributed by atoms with Crippen LogP contribution < -0.4 is 10.9 Å². The van der Waals surface area contributed by atoms with Crippen molar-refractivity contribution >= 4 is 39.3 Å². The maximum absolute atomic E-state index is 12.1. The highest BCUT2D eigenvalue weighted by molar-refractivity contribution is 9.10. The lowest BCUT2D eigenvalue weighted by molar-refractivity contribution is -0.115. The molecule has 1 unspecified atom stereocenters. The molecule has 1 atom stereocenters. The molecule has 2 rings (SSSR count). The van der Waals surface area contributed by atoms with Crippen molar-refractivity contribution in [3.8, 4) is 0 Å². The van der Waals surface area contributed by atoms with E-state index in [1.807, 2.05) is 24.3 Å². The number of carbonyl (C=O) groups is 1. The SMILES string of the molecule is Cc1cc(=O)[nH]c(SC(C)C(=O)Nc2ccc(Br)cc2)n1. The third kappa shape index (κ3) is 4.71. The molecule has 0 spiro atoms. The number of hydrogen-bond acceptors (Lipinski definition) is 4. The number of thioether (sulfide) groups is 1. The maximum Gasteiger partial charge on any atom is 0.251 e. The first-order chi connectivity index (χ1) is 9.94. The fraction of sp³-hybridized carbons (Fsp3) is 0.214. The van der Waals surface area contributed by atoms with Gasteiger partial charge in [0.2, 0.25) is 5.91 Å². The molecule has 1 aromatic heterocycles. The van der Waals surface area contributed by atoms with E-state index in [9.17, 15) is 9.59 Å². The predicted molar refractivity (Wildman–Crippen MR) is 87.7 cm³/mol. The zero-order valence-electron chi connectivity index (χ0n) is 11.5. The number of hydrogen-bond donors (Lipinski definition) is 2. The average molecular weight is 368 g/mol. The number of anilines is 1. The van der Waals surface area contributed by atoms with Gasteiger partial charge in [0.05, 0.1) is 5.25 Å². The molecule has 5 nitrogen and oxygen atoms in total. The van der Waals surface area contributed by atoms with E-state index < -0.39 is 0 Å². The minimum Gasteiger partial charge on any atom is -0.325 e. The number of carbonyl (C=O) groups excluding carboxylic acids is 1. The van der Waals surface area contributed by atoms with Crippen molar-refractivity contribution in [3.05, 3.63) is 50.9 Å². The number of rotatable bonds is 4. The average Bonchev–Trinajstić information content (AvgIpc) is 2.40. The van der Waals surface area contributed by atoms with E-state index in [-0.39, 0.29) is 16.7 Å². The first kappa shape index (κ1) is 15.8. The van der Waals surface area contributed by atoms with Gasteiger partial charge in [-0.1, -0.05) is 27.7 Å². The van der Waals surface area contributed by atoms with Crippen LogP contribution in [0.4, 0.5) is 5.69 Å². The minimum absolute atomic E-state index is 0.147. The van der Waals surface area contributed by atoms with Crippen LogP contribution in [0.5, 0.6) is 0 Å². The third-order valence-electron chi connectivity index (χ3n) is 2.62. The minimum atomic E-state index is -0.376. The molecular weight excluding hydrogens is 354 g/mol. The Bertz CT molecular complexity index is 700. The van der Waals surface area contributed by atoms with Crippen molar-refractivity contribution in [3.63, 3.8) is 0 Å². The molecule has 1 amide bonds. The number of aromatic amines is 1. The molecule has 0 bridgehead atoms. The molecule has 0 aliphatic carbocycles. The summed E-state index contributed by atoms with van der Waals surface area (Å²) < 4.78 is 0.949. The lowest BCUT2D eigenvalue weighted by Crippen LogP contribution is -2.23. The Morgan fingerprint density at radius 1 is 1.38 bits per heavy atom. The van der Waals surface area contributed by atoms with Crippen molar-refractivity contribution < 1.29 is 4.79 Å². The second-order valence-corrected chi connectivity index (χ2v) is 6.69. The Labute approximate surface area is 134 Å². The first-order valence-corrected chi connectivity index (χ1v) is 7.92. The van der Waals surface area contributed by atoms with Gasteiger partial charge in [0.15, 0.2) is 5.16 Å². The van der Waals surface area contributed by atoms with Gasteiger partial charge in [0, 0.05) is 21.9 Å². The molecule has 0 saturated carbocycles. The zero-order chi connectivity index (χ0) is 15.4. The first-order valence-electron chi connectivity index (χ1n) is 6.25. The molecule has 1 heterocycles. The highest BCUT2D eigenvalue weighted by Crippen LogP contribution is 2.20. The molecule has 0 aliphatic heterocycles. The molecular formula is C14H14BrN3O2S.